The summed E-state index contributed by atoms with van der Waals surface area (Å²) >= 11 is 6.10. The predicted molar refractivity (Wildman–Crippen MR) is 108 cm³/mol. The van der Waals surface area contributed by atoms with Crippen LogP contribution < -0.4 is 14.8 Å². The molecule has 0 aromatic heterocycles. The van der Waals surface area contributed by atoms with Crippen molar-refractivity contribution in [3.63, 3.8) is 0 Å². The van der Waals surface area contributed by atoms with Crippen molar-refractivity contribution in [3.05, 3.63) is 83.9 Å². The van der Waals surface area contributed by atoms with Gasteiger partial charge in [0.1, 0.15) is 17.2 Å². The van der Waals surface area contributed by atoms with Crippen molar-refractivity contribution in [1.29, 1.82) is 0 Å². The number of nitrogens with one attached hydrogen (secondary N) is 1. The zero-order chi connectivity index (χ0) is 19.1. The highest BCUT2D eigenvalue weighted by atomic mass is 35.5. The SMILES string of the molecule is CCC(Oc1ccccc1Cl)C(=O)Nc1ccc(Oc2ccccc2)cc1. The predicted octanol–water partition coefficient (Wildman–Crippen LogP) is 5.93. The van der Waals surface area contributed by atoms with Gasteiger partial charge in [-0.05, 0) is 55.0 Å². The molecule has 1 amide bonds. The highest BCUT2D eigenvalue weighted by molar-refractivity contribution is 6.32. The van der Waals surface area contributed by atoms with Gasteiger partial charge in [0, 0.05) is 5.69 Å². The lowest BCUT2D eigenvalue weighted by molar-refractivity contribution is -0.122. The summed E-state index contributed by atoms with van der Waals surface area (Å²) in [4.78, 5) is 12.5. The molecule has 27 heavy (non-hydrogen) atoms. The fourth-order valence-electron chi connectivity index (χ4n) is 2.47. The zero-order valence-electron chi connectivity index (χ0n) is 14.9. The van der Waals surface area contributed by atoms with Gasteiger partial charge in [-0.3, -0.25) is 4.79 Å². The molecule has 5 heteroatoms. The standard InChI is InChI=1S/C22H20ClNO3/c1-2-20(27-21-11-7-6-10-19(21)23)22(25)24-16-12-14-18(15-13-16)26-17-8-4-3-5-9-17/h3-15,20H,2H2,1H3,(H,24,25). The molecule has 0 spiro atoms. The minimum Gasteiger partial charge on any atom is -0.479 e. The molecule has 4 nitrogen and oxygen atoms in total. The van der Waals surface area contributed by atoms with Crippen molar-refractivity contribution in [2.75, 3.05) is 5.32 Å². The Hall–Kier alpha value is -2.98. The van der Waals surface area contributed by atoms with Gasteiger partial charge in [0.15, 0.2) is 6.10 Å². The first-order valence-electron chi connectivity index (χ1n) is 8.70. The topological polar surface area (TPSA) is 47.6 Å². The second-order valence-corrected chi connectivity index (χ2v) is 6.28. The van der Waals surface area contributed by atoms with E-state index >= 15 is 0 Å². The molecular formula is C22H20ClNO3. The van der Waals surface area contributed by atoms with E-state index in [4.69, 9.17) is 21.1 Å². The Labute approximate surface area is 163 Å². The van der Waals surface area contributed by atoms with Crippen molar-refractivity contribution in [2.45, 2.75) is 19.4 Å². The molecule has 1 N–H and O–H groups in total. The van der Waals surface area contributed by atoms with Crippen LogP contribution in [-0.4, -0.2) is 12.0 Å². The van der Waals surface area contributed by atoms with Gasteiger partial charge in [-0.1, -0.05) is 48.9 Å². The van der Waals surface area contributed by atoms with Crippen molar-refractivity contribution in [1.82, 2.24) is 0 Å². The first kappa shape index (κ1) is 18.8. The van der Waals surface area contributed by atoms with Gasteiger partial charge < -0.3 is 14.8 Å². The highest BCUT2D eigenvalue weighted by Crippen LogP contribution is 2.26. The third kappa shape index (κ3) is 5.25. The maximum Gasteiger partial charge on any atom is 0.265 e. The summed E-state index contributed by atoms with van der Waals surface area (Å²) in [5.74, 6) is 1.72. The molecule has 0 aliphatic heterocycles. The fourth-order valence-corrected chi connectivity index (χ4v) is 2.65. The van der Waals surface area contributed by atoms with Crippen LogP contribution in [0.15, 0.2) is 78.9 Å². The lowest BCUT2D eigenvalue weighted by atomic mass is 10.2. The monoisotopic (exact) mass is 381 g/mol. The normalized spacial score (nSPS) is 11.5. The minimum atomic E-state index is -0.634. The van der Waals surface area contributed by atoms with Crippen LogP contribution in [0.2, 0.25) is 5.02 Å². The van der Waals surface area contributed by atoms with Gasteiger partial charge >= 0.3 is 0 Å². The number of amides is 1. The number of hydrogen-bond acceptors (Lipinski definition) is 3. The van der Waals surface area contributed by atoms with Crippen LogP contribution in [0.25, 0.3) is 0 Å². The molecule has 138 valence electrons. The molecule has 0 saturated carbocycles. The first-order valence-corrected chi connectivity index (χ1v) is 9.08. The van der Waals surface area contributed by atoms with Crippen molar-refractivity contribution in [3.8, 4) is 17.2 Å². The molecule has 0 aliphatic rings. The summed E-state index contributed by atoms with van der Waals surface area (Å²) in [7, 11) is 0. The lowest BCUT2D eigenvalue weighted by Crippen LogP contribution is -2.32. The van der Waals surface area contributed by atoms with Gasteiger partial charge in [0.2, 0.25) is 0 Å². The molecule has 3 aromatic rings. The van der Waals surface area contributed by atoms with Crippen molar-refractivity contribution in [2.24, 2.45) is 0 Å². The number of para-hydroxylation sites is 2. The molecule has 0 saturated heterocycles. The third-order valence-electron chi connectivity index (χ3n) is 3.87. The van der Waals surface area contributed by atoms with E-state index in [-0.39, 0.29) is 5.91 Å². The maximum atomic E-state index is 12.5. The van der Waals surface area contributed by atoms with Crippen LogP contribution in [0, 0.1) is 0 Å². The summed E-state index contributed by atoms with van der Waals surface area (Å²) in [6, 6.07) is 23.8. The zero-order valence-corrected chi connectivity index (χ0v) is 15.6. The van der Waals surface area contributed by atoms with Gasteiger partial charge in [0.05, 0.1) is 5.02 Å². The van der Waals surface area contributed by atoms with Crippen LogP contribution >= 0.6 is 11.6 Å². The van der Waals surface area contributed by atoms with Gasteiger partial charge in [0.25, 0.3) is 5.91 Å². The van der Waals surface area contributed by atoms with E-state index in [0.29, 0.717) is 28.6 Å². The van der Waals surface area contributed by atoms with E-state index in [0.717, 1.165) is 5.75 Å². The van der Waals surface area contributed by atoms with E-state index in [2.05, 4.69) is 5.32 Å². The summed E-state index contributed by atoms with van der Waals surface area (Å²) in [5, 5.41) is 3.34. The van der Waals surface area contributed by atoms with E-state index < -0.39 is 6.10 Å². The van der Waals surface area contributed by atoms with Crippen LogP contribution in [0.3, 0.4) is 0 Å². The number of carbonyl (C=O) groups excluding carboxylic acids is 1. The highest BCUT2D eigenvalue weighted by Gasteiger charge is 2.19. The molecule has 0 heterocycles. The largest absolute Gasteiger partial charge is 0.479 e. The van der Waals surface area contributed by atoms with Crippen LogP contribution in [-0.2, 0) is 4.79 Å². The Balaban J connectivity index is 1.61. The maximum absolute atomic E-state index is 12.5. The Morgan fingerprint density at radius 1 is 0.926 bits per heavy atom. The second-order valence-electron chi connectivity index (χ2n) is 5.87. The van der Waals surface area contributed by atoms with E-state index in [1.807, 2.05) is 49.4 Å². The molecule has 1 unspecified atom stereocenters. The molecule has 0 bridgehead atoms. The Morgan fingerprint density at radius 2 is 1.56 bits per heavy atom. The Kier molecular flexibility index (Phi) is 6.34. The number of anilines is 1. The second kappa shape index (κ2) is 9.10. The van der Waals surface area contributed by atoms with Gasteiger partial charge in [-0.25, -0.2) is 0 Å². The smallest absolute Gasteiger partial charge is 0.265 e. The molecule has 3 aromatic carbocycles. The number of halogens is 1. The number of ether oxygens (including phenoxy) is 2. The van der Waals surface area contributed by atoms with Gasteiger partial charge in [-0.15, -0.1) is 0 Å². The average molecular weight is 382 g/mol. The Bertz CT molecular complexity index is 882. The number of rotatable bonds is 7. The third-order valence-corrected chi connectivity index (χ3v) is 4.18. The van der Waals surface area contributed by atoms with Crippen LogP contribution in [0.4, 0.5) is 5.69 Å². The minimum absolute atomic E-state index is 0.228. The summed E-state index contributed by atoms with van der Waals surface area (Å²) in [6.45, 7) is 1.89. The van der Waals surface area contributed by atoms with Crippen LogP contribution in [0.5, 0.6) is 17.2 Å². The summed E-state index contributed by atoms with van der Waals surface area (Å²) in [5.41, 5.74) is 0.668. The summed E-state index contributed by atoms with van der Waals surface area (Å²) in [6.07, 6.45) is -0.114. The van der Waals surface area contributed by atoms with E-state index in [1.54, 1.807) is 36.4 Å². The quantitative estimate of drug-likeness (QED) is 0.551. The van der Waals surface area contributed by atoms with Gasteiger partial charge in [-0.2, -0.15) is 0 Å². The summed E-state index contributed by atoms with van der Waals surface area (Å²) < 4.78 is 11.5. The van der Waals surface area contributed by atoms with Crippen LogP contribution in [0.1, 0.15) is 13.3 Å². The molecule has 3 rings (SSSR count). The number of hydrogen-bond donors (Lipinski definition) is 1. The van der Waals surface area contributed by atoms with E-state index in [9.17, 15) is 4.79 Å². The Morgan fingerprint density at radius 3 is 2.22 bits per heavy atom. The molecule has 0 fully saturated rings. The lowest BCUT2D eigenvalue weighted by Gasteiger charge is -2.18. The molecular weight excluding hydrogens is 362 g/mol. The molecule has 0 radical (unpaired) electrons. The molecule has 1 atom stereocenters. The van der Waals surface area contributed by atoms with E-state index in [1.165, 1.54) is 0 Å². The van der Waals surface area contributed by atoms with Crippen molar-refractivity contribution >= 4 is 23.2 Å². The fraction of sp³-hybridized carbons (Fsp3) is 0.136. The first-order chi connectivity index (χ1) is 13.2. The molecule has 0 aliphatic carbocycles. The van der Waals surface area contributed by atoms with Crippen molar-refractivity contribution < 1.29 is 14.3 Å². The average Bonchev–Trinajstić information content (AvgIpc) is 2.69. The number of benzene rings is 3. The number of carbonyl (C=O) groups is 1.